The molecule has 0 aliphatic heterocycles. The summed E-state index contributed by atoms with van der Waals surface area (Å²) in [7, 11) is 2.00. The van der Waals surface area contributed by atoms with Crippen molar-refractivity contribution in [3.63, 3.8) is 0 Å². The van der Waals surface area contributed by atoms with Crippen LogP contribution in [0.1, 0.15) is 16.3 Å². The quantitative estimate of drug-likeness (QED) is 0.935. The molecule has 0 atom stereocenters. The van der Waals surface area contributed by atoms with Crippen LogP contribution in [0.25, 0.3) is 0 Å². The van der Waals surface area contributed by atoms with Gasteiger partial charge in [0.15, 0.2) is 0 Å². The lowest BCUT2D eigenvalue weighted by Gasteiger charge is -2.19. The largest absolute Gasteiger partial charge is 0.392 e. The molecule has 2 aromatic rings. The first-order chi connectivity index (χ1) is 8.60. The van der Waals surface area contributed by atoms with Crippen molar-refractivity contribution in [2.45, 2.75) is 20.1 Å². The van der Waals surface area contributed by atoms with E-state index in [0.717, 1.165) is 28.5 Å². The van der Waals surface area contributed by atoms with Crippen molar-refractivity contribution in [1.82, 2.24) is 4.98 Å². The van der Waals surface area contributed by atoms with Crippen LogP contribution in [0.15, 0.2) is 23.6 Å². The number of halogens is 1. The summed E-state index contributed by atoms with van der Waals surface area (Å²) in [4.78, 5) is 6.52. The number of hydrogen-bond donors (Lipinski definition) is 1. The highest BCUT2D eigenvalue weighted by molar-refractivity contribution is 7.09. The normalized spacial score (nSPS) is 10.7. The first-order valence-corrected chi connectivity index (χ1v) is 6.87. The third-order valence-corrected chi connectivity index (χ3v) is 3.89. The lowest BCUT2D eigenvalue weighted by atomic mass is 10.2. The van der Waals surface area contributed by atoms with Gasteiger partial charge in [-0.3, -0.25) is 0 Å². The van der Waals surface area contributed by atoms with E-state index in [9.17, 15) is 0 Å². The Hall–Kier alpha value is -1.10. The van der Waals surface area contributed by atoms with Crippen LogP contribution in [-0.2, 0) is 13.2 Å². The zero-order valence-electron chi connectivity index (χ0n) is 10.4. The number of hydrogen-bond acceptors (Lipinski definition) is 4. The van der Waals surface area contributed by atoms with Crippen LogP contribution in [0.4, 0.5) is 5.69 Å². The van der Waals surface area contributed by atoms with Gasteiger partial charge in [0.1, 0.15) is 0 Å². The van der Waals surface area contributed by atoms with Gasteiger partial charge in [0.25, 0.3) is 0 Å². The molecule has 0 amide bonds. The molecule has 0 bridgehead atoms. The Kier molecular flexibility index (Phi) is 4.22. The number of aromatic nitrogens is 1. The van der Waals surface area contributed by atoms with Gasteiger partial charge in [0.2, 0.25) is 0 Å². The molecule has 0 spiro atoms. The van der Waals surface area contributed by atoms with Crippen LogP contribution >= 0.6 is 22.9 Å². The minimum atomic E-state index is -0.0336. The van der Waals surface area contributed by atoms with E-state index in [-0.39, 0.29) is 6.61 Å². The van der Waals surface area contributed by atoms with Crippen LogP contribution in [0.2, 0.25) is 5.02 Å². The molecule has 0 saturated carbocycles. The minimum Gasteiger partial charge on any atom is -0.392 e. The molecule has 2 rings (SSSR count). The number of anilines is 1. The van der Waals surface area contributed by atoms with Crippen molar-refractivity contribution in [2.75, 3.05) is 11.9 Å². The number of aryl methyl sites for hydroxylation is 1. The van der Waals surface area contributed by atoms with Crippen molar-refractivity contribution in [1.29, 1.82) is 0 Å². The second-order valence-corrected chi connectivity index (χ2v) is 5.62. The van der Waals surface area contributed by atoms with Crippen molar-refractivity contribution >= 4 is 28.6 Å². The highest BCUT2D eigenvalue weighted by Gasteiger charge is 2.07. The van der Waals surface area contributed by atoms with Crippen LogP contribution in [0, 0.1) is 6.92 Å². The van der Waals surface area contributed by atoms with E-state index < -0.39 is 0 Å². The van der Waals surface area contributed by atoms with E-state index in [1.807, 2.05) is 32.2 Å². The maximum absolute atomic E-state index is 9.08. The van der Waals surface area contributed by atoms with Crippen LogP contribution in [0.5, 0.6) is 0 Å². The molecule has 1 N–H and O–H groups in total. The van der Waals surface area contributed by atoms with Gasteiger partial charge >= 0.3 is 0 Å². The van der Waals surface area contributed by atoms with Crippen LogP contribution < -0.4 is 4.90 Å². The topological polar surface area (TPSA) is 36.4 Å². The predicted octanol–water partition coefficient (Wildman–Crippen LogP) is 3.23. The van der Waals surface area contributed by atoms with Crippen molar-refractivity contribution in [2.24, 2.45) is 0 Å². The molecule has 0 fully saturated rings. The van der Waals surface area contributed by atoms with E-state index in [1.165, 1.54) is 0 Å². The second kappa shape index (κ2) is 5.69. The Morgan fingerprint density at radius 2 is 2.22 bits per heavy atom. The summed E-state index contributed by atoms with van der Waals surface area (Å²) < 4.78 is 0. The number of aliphatic hydroxyl groups is 1. The summed E-state index contributed by atoms with van der Waals surface area (Å²) in [6, 6.07) is 5.67. The smallest absolute Gasteiger partial charge is 0.0898 e. The van der Waals surface area contributed by atoms with E-state index in [0.29, 0.717) is 5.02 Å². The zero-order valence-corrected chi connectivity index (χ0v) is 11.9. The van der Waals surface area contributed by atoms with Gasteiger partial charge in [-0.1, -0.05) is 17.7 Å². The highest BCUT2D eigenvalue weighted by Crippen LogP contribution is 2.24. The number of benzene rings is 1. The molecular weight excluding hydrogens is 268 g/mol. The molecule has 18 heavy (non-hydrogen) atoms. The van der Waals surface area contributed by atoms with Gasteiger partial charge < -0.3 is 10.0 Å². The van der Waals surface area contributed by atoms with E-state index in [1.54, 1.807) is 11.3 Å². The maximum Gasteiger partial charge on any atom is 0.0898 e. The molecule has 1 aromatic heterocycles. The third kappa shape index (κ3) is 3.02. The van der Waals surface area contributed by atoms with Crippen LogP contribution in [-0.4, -0.2) is 17.1 Å². The summed E-state index contributed by atoms with van der Waals surface area (Å²) in [6.07, 6.45) is 0. The second-order valence-electron chi connectivity index (χ2n) is 4.15. The fraction of sp³-hybridized carbons (Fsp3) is 0.308. The standard InChI is InChI=1S/C13H15ClN2OS/c1-9-15-11(8-18-9)6-16(2)12-4-3-10(7-17)13(14)5-12/h3-5,8,17H,6-7H2,1-2H3. The number of thiazole rings is 1. The number of aliphatic hydroxyl groups excluding tert-OH is 1. The van der Waals surface area contributed by atoms with Gasteiger partial charge in [-0.2, -0.15) is 0 Å². The zero-order chi connectivity index (χ0) is 13.1. The summed E-state index contributed by atoms with van der Waals surface area (Å²) in [5.41, 5.74) is 2.82. The summed E-state index contributed by atoms with van der Waals surface area (Å²) >= 11 is 7.73. The summed E-state index contributed by atoms with van der Waals surface area (Å²) in [5, 5.41) is 12.8. The number of rotatable bonds is 4. The molecule has 0 saturated heterocycles. The molecule has 1 heterocycles. The fourth-order valence-corrected chi connectivity index (χ4v) is 2.56. The molecule has 3 nitrogen and oxygen atoms in total. The van der Waals surface area contributed by atoms with E-state index in [4.69, 9.17) is 16.7 Å². The average Bonchev–Trinajstić information content (AvgIpc) is 2.74. The van der Waals surface area contributed by atoms with Gasteiger partial charge in [-0.25, -0.2) is 4.98 Å². The molecular formula is C13H15ClN2OS. The molecule has 96 valence electrons. The molecule has 0 radical (unpaired) electrons. The SMILES string of the molecule is Cc1nc(CN(C)c2ccc(CO)c(Cl)c2)cs1. The Morgan fingerprint density at radius 1 is 1.44 bits per heavy atom. The minimum absolute atomic E-state index is 0.0336. The summed E-state index contributed by atoms with van der Waals surface area (Å²) in [6.45, 7) is 2.72. The van der Waals surface area contributed by atoms with Crippen molar-refractivity contribution in [3.8, 4) is 0 Å². The van der Waals surface area contributed by atoms with E-state index in [2.05, 4.69) is 15.3 Å². The molecule has 5 heteroatoms. The predicted molar refractivity (Wildman–Crippen MR) is 76.3 cm³/mol. The van der Waals surface area contributed by atoms with Crippen molar-refractivity contribution < 1.29 is 5.11 Å². The average molecular weight is 283 g/mol. The monoisotopic (exact) mass is 282 g/mol. The number of nitrogens with zero attached hydrogens (tertiary/aromatic N) is 2. The highest BCUT2D eigenvalue weighted by atomic mass is 35.5. The maximum atomic E-state index is 9.08. The van der Waals surface area contributed by atoms with Gasteiger partial charge in [0, 0.05) is 23.1 Å². The Bertz CT molecular complexity index is 542. The first kappa shape index (κ1) is 13.3. The van der Waals surface area contributed by atoms with Crippen LogP contribution in [0.3, 0.4) is 0 Å². The lowest BCUT2D eigenvalue weighted by molar-refractivity contribution is 0.282. The van der Waals surface area contributed by atoms with E-state index >= 15 is 0 Å². The Morgan fingerprint density at radius 3 is 2.78 bits per heavy atom. The molecule has 0 aliphatic rings. The third-order valence-electron chi connectivity index (χ3n) is 2.71. The summed E-state index contributed by atoms with van der Waals surface area (Å²) in [5.74, 6) is 0. The Labute approximate surface area is 116 Å². The fourth-order valence-electron chi connectivity index (χ4n) is 1.72. The molecule has 0 unspecified atom stereocenters. The van der Waals surface area contributed by atoms with Gasteiger partial charge in [0.05, 0.1) is 23.9 Å². The molecule has 1 aromatic carbocycles. The molecule has 0 aliphatic carbocycles. The lowest BCUT2D eigenvalue weighted by Crippen LogP contribution is -2.16. The Balaban J connectivity index is 2.13. The van der Waals surface area contributed by atoms with Gasteiger partial charge in [-0.05, 0) is 24.6 Å². The first-order valence-electron chi connectivity index (χ1n) is 5.61. The van der Waals surface area contributed by atoms with Gasteiger partial charge in [-0.15, -0.1) is 11.3 Å². The van der Waals surface area contributed by atoms with Crippen molar-refractivity contribution in [3.05, 3.63) is 44.9 Å².